The van der Waals surface area contributed by atoms with Crippen LogP contribution in [-0.2, 0) is 14.4 Å². The van der Waals surface area contributed by atoms with Crippen LogP contribution in [0.25, 0.3) is 6.08 Å². The van der Waals surface area contributed by atoms with Gasteiger partial charge >= 0.3 is 18.1 Å². The number of carbonyl (C=O) groups excluding carboxylic acids is 2. The van der Waals surface area contributed by atoms with Crippen LogP contribution in [0.15, 0.2) is 22.9 Å². The zero-order valence-electron chi connectivity index (χ0n) is 14.4. The zero-order chi connectivity index (χ0) is 20.7. The molecule has 0 spiro atoms. The minimum atomic E-state index is -5.91. The van der Waals surface area contributed by atoms with Crippen LogP contribution in [0, 0.1) is 0 Å². The number of anilines is 1. The van der Waals surface area contributed by atoms with Crippen LogP contribution in [0.4, 0.5) is 27.0 Å². The summed E-state index contributed by atoms with van der Waals surface area (Å²) in [6.07, 6.45) is -5.00. The standard InChI is InChI=1S/C16H14F5N3O3S/c1-9(25)23-4-6-24(7-5-23)12-3-2-10(28-12)8-11-13(22-27-14(11)26)15(17,18)16(19,20)21/h2-3,8H,4-7H2,1H3. The van der Waals surface area contributed by atoms with Crippen LogP contribution >= 0.6 is 11.3 Å². The average molecular weight is 423 g/mol. The number of carbonyl (C=O) groups is 2. The van der Waals surface area contributed by atoms with Crippen LogP contribution in [0.3, 0.4) is 0 Å². The number of nitrogens with zero attached hydrogens (tertiary/aromatic N) is 3. The molecule has 1 aromatic rings. The highest BCUT2D eigenvalue weighted by molar-refractivity contribution is 7.17. The van der Waals surface area contributed by atoms with Gasteiger partial charge in [-0.05, 0) is 18.2 Å². The second kappa shape index (κ2) is 7.15. The molecule has 0 atom stereocenters. The third-order valence-corrected chi connectivity index (χ3v) is 5.38. The van der Waals surface area contributed by atoms with Gasteiger partial charge in [-0.3, -0.25) is 4.79 Å². The van der Waals surface area contributed by atoms with Crippen molar-refractivity contribution in [1.29, 1.82) is 0 Å². The number of halogens is 5. The smallest absolute Gasteiger partial charge is 0.360 e. The molecule has 3 rings (SSSR count). The molecule has 152 valence electrons. The summed E-state index contributed by atoms with van der Waals surface area (Å²) in [5.41, 5.74) is -2.69. The molecule has 1 amide bonds. The van der Waals surface area contributed by atoms with Crippen molar-refractivity contribution in [2.24, 2.45) is 5.16 Å². The van der Waals surface area contributed by atoms with Gasteiger partial charge in [0.25, 0.3) is 0 Å². The van der Waals surface area contributed by atoms with E-state index in [1.807, 2.05) is 4.90 Å². The Hall–Kier alpha value is -2.50. The van der Waals surface area contributed by atoms with Gasteiger partial charge in [0.15, 0.2) is 5.71 Å². The van der Waals surface area contributed by atoms with Crippen molar-refractivity contribution >= 4 is 40.0 Å². The van der Waals surface area contributed by atoms with Crippen molar-refractivity contribution in [1.82, 2.24) is 4.90 Å². The molecule has 2 aliphatic heterocycles. The maximum absolute atomic E-state index is 13.6. The normalized spacial score (nSPS) is 19.9. The molecule has 0 aliphatic carbocycles. The molecule has 0 saturated carbocycles. The molecule has 0 bridgehead atoms. The topological polar surface area (TPSA) is 62.2 Å². The Bertz CT molecular complexity index is 854. The maximum atomic E-state index is 13.6. The third-order valence-electron chi connectivity index (χ3n) is 4.28. The van der Waals surface area contributed by atoms with E-state index < -0.39 is 29.4 Å². The fourth-order valence-electron chi connectivity index (χ4n) is 2.74. The Balaban J connectivity index is 1.80. The molecular formula is C16H14F5N3O3S. The summed E-state index contributed by atoms with van der Waals surface area (Å²) in [4.78, 5) is 31.0. The summed E-state index contributed by atoms with van der Waals surface area (Å²) in [6.45, 7) is 3.62. The Morgan fingerprint density at radius 1 is 1.18 bits per heavy atom. The number of rotatable bonds is 3. The molecule has 28 heavy (non-hydrogen) atoms. The van der Waals surface area contributed by atoms with Crippen molar-refractivity contribution < 1.29 is 36.4 Å². The van der Waals surface area contributed by atoms with Crippen LogP contribution < -0.4 is 4.90 Å². The Labute approximate surface area is 159 Å². The van der Waals surface area contributed by atoms with E-state index in [2.05, 4.69) is 9.99 Å². The molecule has 12 heteroatoms. The highest BCUT2D eigenvalue weighted by Gasteiger charge is 2.64. The van der Waals surface area contributed by atoms with Gasteiger partial charge in [0, 0.05) is 38.0 Å². The molecule has 0 radical (unpaired) electrons. The number of hydrogen-bond acceptors (Lipinski definition) is 6. The van der Waals surface area contributed by atoms with Gasteiger partial charge in [0.05, 0.1) is 10.6 Å². The number of piperazine rings is 1. The number of alkyl halides is 5. The summed E-state index contributed by atoms with van der Waals surface area (Å²) >= 11 is 1.12. The van der Waals surface area contributed by atoms with Crippen LogP contribution in [-0.4, -0.2) is 60.8 Å². The minimum Gasteiger partial charge on any atom is -0.360 e. The summed E-state index contributed by atoms with van der Waals surface area (Å²) in [5, 5.41) is 3.38. The molecule has 3 heterocycles. The Morgan fingerprint density at radius 2 is 1.82 bits per heavy atom. The van der Waals surface area contributed by atoms with E-state index in [1.165, 1.54) is 13.0 Å². The van der Waals surface area contributed by atoms with Gasteiger partial charge in [0.1, 0.15) is 0 Å². The number of amides is 1. The first-order valence-electron chi connectivity index (χ1n) is 8.07. The predicted octanol–water partition coefficient (Wildman–Crippen LogP) is 2.91. The van der Waals surface area contributed by atoms with Gasteiger partial charge in [-0.15, -0.1) is 11.3 Å². The Morgan fingerprint density at radius 3 is 2.39 bits per heavy atom. The van der Waals surface area contributed by atoms with Gasteiger partial charge in [-0.2, -0.15) is 22.0 Å². The Kier molecular flexibility index (Phi) is 5.17. The maximum Gasteiger partial charge on any atom is 0.459 e. The SMILES string of the molecule is CC(=O)N1CCN(c2ccc(C=C3C(=O)ON=C3C(F)(F)C(F)(F)F)s2)CC1. The van der Waals surface area contributed by atoms with E-state index in [1.54, 1.807) is 11.0 Å². The fraction of sp³-hybridized carbons (Fsp3) is 0.438. The predicted molar refractivity (Wildman–Crippen MR) is 91.3 cm³/mol. The largest absolute Gasteiger partial charge is 0.459 e. The van der Waals surface area contributed by atoms with Crippen LogP contribution in [0.1, 0.15) is 11.8 Å². The number of hydrogen-bond donors (Lipinski definition) is 0. The lowest BCUT2D eigenvalue weighted by Crippen LogP contribution is -2.47. The van der Waals surface area contributed by atoms with E-state index in [9.17, 15) is 31.5 Å². The second-order valence-electron chi connectivity index (χ2n) is 6.12. The molecule has 0 unspecified atom stereocenters. The first kappa shape index (κ1) is 20.2. The van der Waals surface area contributed by atoms with Gasteiger partial charge < -0.3 is 14.6 Å². The van der Waals surface area contributed by atoms with Gasteiger partial charge in [-0.1, -0.05) is 5.16 Å². The highest BCUT2D eigenvalue weighted by atomic mass is 32.1. The summed E-state index contributed by atoms with van der Waals surface area (Å²) < 4.78 is 65.0. The molecule has 0 aromatic carbocycles. The zero-order valence-corrected chi connectivity index (χ0v) is 15.2. The first-order chi connectivity index (χ1) is 13.0. The fourth-order valence-corrected chi connectivity index (χ4v) is 3.75. The average Bonchev–Trinajstić information content (AvgIpc) is 3.22. The number of oxime groups is 1. The molecule has 6 nitrogen and oxygen atoms in total. The van der Waals surface area contributed by atoms with Crippen molar-refractivity contribution in [2.45, 2.75) is 19.0 Å². The molecule has 2 aliphatic rings. The molecular weight excluding hydrogens is 409 g/mol. The molecule has 1 fully saturated rings. The number of thiophene rings is 1. The highest BCUT2D eigenvalue weighted by Crippen LogP contribution is 2.41. The minimum absolute atomic E-state index is 0.0339. The van der Waals surface area contributed by atoms with Gasteiger partial charge in [-0.25, -0.2) is 4.79 Å². The molecule has 1 saturated heterocycles. The lowest BCUT2D eigenvalue weighted by molar-refractivity contribution is -0.249. The summed E-state index contributed by atoms with van der Waals surface area (Å²) in [6, 6.07) is 3.17. The molecule has 0 N–H and O–H groups in total. The van der Waals surface area contributed by atoms with Gasteiger partial charge in [0.2, 0.25) is 5.91 Å². The summed E-state index contributed by atoms with van der Waals surface area (Å²) in [5.74, 6) is -6.72. The van der Waals surface area contributed by atoms with Crippen molar-refractivity contribution in [2.75, 3.05) is 31.1 Å². The van der Waals surface area contributed by atoms with Crippen LogP contribution in [0.5, 0.6) is 0 Å². The van der Waals surface area contributed by atoms with Crippen molar-refractivity contribution in [3.8, 4) is 0 Å². The van der Waals surface area contributed by atoms with E-state index in [4.69, 9.17) is 0 Å². The van der Waals surface area contributed by atoms with E-state index in [0.717, 1.165) is 22.4 Å². The van der Waals surface area contributed by atoms with E-state index in [-0.39, 0.29) is 5.91 Å². The van der Waals surface area contributed by atoms with Crippen molar-refractivity contribution in [3.63, 3.8) is 0 Å². The molecule has 1 aromatic heterocycles. The van der Waals surface area contributed by atoms with E-state index >= 15 is 0 Å². The lowest BCUT2D eigenvalue weighted by Gasteiger charge is -2.34. The van der Waals surface area contributed by atoms with Crippen LogP contribution in [0.2, 0.25) is 0 Å². The van der Waals surface area contributed by atoms with E-state index in [0.29, 0.717) is 31.1 Å². The lowest BCUT2D eigenvalue weighted by atomic mass is 10.0. The van der Waals surface area contributed by atoms with Crippen molar-refractivity contribution in [3.05, 3.63) is 22.6 Å². The third kappa shape index (κ3) is 3.73. The monoisotopic (exact) mass is 423 g/mol. The first-order valence-corrected chi connectivity index (χ1v) is 8.89. The summed E-state index contributed by atoms with van der Waals surface area (Å²) in [7, 11) is 0. The quantitative estimate of drug-likeness (QED) is 0.426. The second-order valence-corrected chi connectivity index (χ2v) is 7.21.